The van der Waals surface area contributed by atoms with Crippen molar-refractivity contribution in [1.82, 2.24) is 0 Å². The molecule has 0 amide bonds. The second-order valence-corrected chi connectivity index (χ2v) is 5.52. The largest absolute Gasteiger partial charge is 0.491 e. The lowest BCUT2D eigenvalue weighted by Crippen LogP contribution is -2.09. The number of rotatable bonds is 6. The molecule has 4 nitrogen and oxygen atoms in total. The van der Waals surface area contributed by atoms with Crippen molar-refractivity contribution in [3.63, 3.8) is 0 Å². The van der Waals surface area contributed by atoms with Crippen molar-refractivity contribution >= 4 is 11.7 Å². The third-order valence-corrected chi connectivity index (χ3v) is 3.03. The van der Waals surface area contributed by atoms with Crippen LogP contribution in [0.3, 0.4) is 0 Å². The minimum atomic E-state index is -0.391. The van der Waals surface area contributed by atoms with E-state index in [0.29, 0.717) is 29.5 Å². The van der Waals surface area contributed by atoms with Crippen LogP contribution in [-0.2, 0) is 11.3 Å². The van der Waals surface area contributed by atoms with Crippen molar-refractivity contribution in [2.45, 2.75) is 20.5 Å². The number of ether oxygens (including phenoxy) is 2. The Balaban J connectivity index is 2.01. The zero-order valence-corrected chi connectivity index (χ0v) is 12.9. The molecule has 0 radical (unpaired) electrons. The Hall–Kier alpha value is -2.49. The second-order valence-electron chi connectivity index (χ2n) is 5.52. The fourth-order valence-electron chi connectivity index (χ4n) is 1.85. The van der Waals surface area contributed by atoms with Crippen LogP contribution in [0.4, 0.5) is 5.69 Å². The molecule has 0 heterocycles. The molecular formula is C18H21NO3. The van der Waals surface area contributed by atoms with E-state index in [0.717, 1.165) is 5.56 Å². The van der Waals surface area contributed by atoms with E-state index >= 15 is 0 Å². The number of nitrogen functional groups attached to an aromatic ring is 1. The first-order valence-electron chi connectivity index (χ1n) is 7.29. The summed E-state index contributed by atoms with van der Waals surface area (Å²) in [6, 6.07) is 14.5. The monoisotopic (exact) mass is 299 g/mol. The van der Waals surface area contributed by atoms with Gasteiger partial charge in [-0.1, -0.05) is 44.2 Å². The highest BCUT2D eigenvalue weighted by Crippen LogP contribution is 2.24. The van der Waals surface area contributed by atoms with Gasteiger partial charge in [0.05, 0.1) is 17.9 Å². The standard InChI is InChI=1S/C18H21NO3/c1-13(2)11-21-17-10-15(8-9-16(17)19)18(20)22-12-14-6-4-3-5-7-14/h3-10,13H,11-12,19H2,1-2H3. The molecule has 4 heteroatoms. The molecule has 22 heavy (non-hydrogen) atoms. The molecule has 2 aromatic rings. The quantitative estimate of drug-likeness (QED) is 0.653. The summed E-state index contributed by atoms with van der Waals surface area (Å²) in [6.07, 6.45) is 0. The van der Waals surface area contributed by atoms with Gasteiger partial charge in [-0.2, -0.15) is 0 Å². The van der Waals surface area contributed by atoms with E-state index in [-0.39, 0.29) is 6.61 Å². The molecule has 0 atom stereocenters. The molecule has 116 valence electrons. The summed E-state index contributed by atoms with van der Waals surface area (Å²) in [6.45, 7) is 4.89. The van der Waals surface area contributed by atoms with Gasteiger partial charge in [-0.05, 0) is 29.7 Å². The molecule has 0 aliphatic carbocycles. The second kappa shape index (κ2) is 7.50. The summed E-state index contributed by atoms with van der Waals surface area (Å²) in [5.74, 6) is 0.509. The van der Waals surface area contributed by atoms with Crippen LogP contribution in [0.15, 0.2) is 48.5 Å². The number of nitrogens with two attached hydrogens (primary N) is 1. The highest BCUT2D eigenvalue weighted by Gasteiger charge is 2.11. The summed E-state index contributed by atoms with van der Waals surface area (Å²) in [5.41, 5.74) is 7.76. The minimum Gasteiger partial charge on any atom is -0.491 e. The highest BCUT2D eigenvalue weighted by atomic mass is 16.5. The molecule has 0 aromatic heterocycles. The first-order chi connectivity index (χ1) is 10.6. The predicted molar refractivity (Wildman–Crippen MR) is 86.7 cm³/mol. The summed E-state index contributed by atoms with van der Waals surface area (Å²) in [4.78, 5) is 12.1. The van der Waals surface area contributed by atoms with Crippen LogP contribution in [0.5, 0.6) is 5.75 Å². The van der Waals surface area contributed by atoms with Gasteiger partial charge in [-0.3, -0.25) is 0 Å². The number of carbonyl (C=O) groups excluding carboxylic acids is 1. The van der Waals surface area contributed by atoms with Gasteiger partial charge in [0, 0.05) is 0 Å². The number of esters is 1. The van der Waals surface area contributed by atoms with E-state index in [1.807, 2.05) is 44.2 Å². The zero-order chi connectivity index (χ0) is 15.9. The maximum atomic E-state index is 12.1. The molecule has 2 rings (SSSR count). The van der Waals surface area contributed by atoms with Gasteiger partial charge < -0.3 is 15.2 Å². The fourth-order valence-corrected chi connectivity index (χ4v) is 1.85. The van der Waals surface area contributed by atoms with E-state index in [1.54, 1.807) is 18.2 Å². The number of anilines is 1. The Labute approximate surface area is 130 Å². The highest BCUT2D eigenvalue weighted by molar-refractivity contribution is 5.90. The first-order valence-corrected chi connectivity index (χ1v) is 7.29. The van der Waals surface area contributed by atoms with Crippen LogP contribution in [0.25, 0.3) is 0 Å². The maximum absolute atomic E-state index is 12.1. The van der Waals surface area contributed by atoms with E-state index in [4.69, 9.17) is 15.2 Å². The Bertz CT molecular complexity index is 623. The molecule has 0 saturated heterocycles. The van der Waals surface area contributed by atoms with Crippen molar-refractivity contribution < 1.29 is 14.3 Å². The van der Waals surface area contributed by atoms with Gasteiger partial charge in [-0.15, -0.1) is 0 Å². The smallest absolute Gasteiger partial charge is 0.338 e. The predicted octanol–water partition coefficient (Wildman–Crippen LogP) is 3.66. The molecule has 0 saturated carbocycles. The van der Waals surface area contributed by atoms with Crippen molar-refractivity contribution in [2.75, 3.05) is 12.3 Å². The number of hydrogen-bond donors (Lipinski definition) is 1. The lowest BCUT2D eigenvalue weighted by molar-refractivity contribution is 0.0472. The van der Waals surface area contributed by atoms with E-state index < -0.39 is 5.97 Å². The van der Waals surface area contributed by atoms with E-state index in [1.165, 1.54) is 0 Å². The van der Waals surface area contributed by atoms with Crippen molar-refractivity contribution in [1.29, 1.82) is 0 Å². The lowest BCUT2D eigenvalue weighted by Gasteiger charge is -2.12. The lowest BCUT2D eigenvalue weighted by atomic mass is 10.2. The van der Waals surface area contributed by atoms with Crippen molar-refractivity contribution in [3.8, 4) is 5.75 Å². The van der Waals surface area contributed by atoms with Crippen molar-refractivity contribution in [3.05, 3.63) is 59.7 Å². The molecule has 0 aliphatic heterocycles. The van der Waals surface area contributed by atoms with E-state index in [9.17, 15) is 4.79 Å². The molecule has 0 spiro atoms. The third kappa shape index (κ3) is 4.52. The maximum Gasteiger partial charge on any atom is 0.338 e. The normalized spacial score (nSPS) is 10.5. The van der Waals surface area contributed by atoms with Gasteiger partial charge in [0.25, 0.3) is 0 Å². The number of hydrogen-bond acceptors (Lipinski definition) is 4. The molecular weight excluding hydrogens is 278 g/mol. The Morgan fingerprint density at radius 2 is 1.86 bits per heavy atom. The molecule has 0 aliphatic rings. The van der Waals surface area contributed by atoms with Crippen LogP contribution >= 0.6 is 0 Å². The fraction of sp³-hybridized carbons (Fsp3) is 0.278. The molecule has 0 unspecified atom stereocenters. The summed E-state index contributed by atoms with van der Waals surface area (Å²) in [5, 5.41) is 0. The average molecular weight is 299 g/mol. The Kier molecular flexibility index (Phi) is 5.42. The Morgan fingerprint density at radius 3 is 2.55 bits per heavy atom. The van der Waals surface area contributed by atoms with Gasteiger partial charge >= 0.3 is 5.97 Å². The van der Waals surface area contributed by atoms with Crippen molar-refractivity contribution in [2.24, 2.45) is 5.92 Å². The zero-order valence-electron chi connectivity index (χ0n) is 12.9. The van der Waals surface area contributed by atoms with Gasteiger partial charge in [0.15, 0.2) is 0 Å². The van der Waals surface area contributed by atoms with Gasteiger partial charge in [0.2, 0.25) is 0 Å². The van der Waals surface area contributed by atoms with Crippen LogP contribution in [0.1, 0.15) is 29.8 Å². The van der Waals surface area contributed by atoms with Crippen LogP contribution in [-0.4, -0.2) is 12.6 Å². The Morgan fingerprint density at radius 1 is 1.14 bits per heavy atom. The number of carbonyl (C=O) groups is 1. The topological polar surface area (TPSA) is 61.5 Å². The molecule has 2 aromatic carbocycles. The SMILES string of the molecule is CC(C)COc1cc(C(=O)OCc2ccccc2)ccc1N. The van der Waals surface area contributed by atoms with Crippen LogP contribution < -0.4 is 10.5 Å². The first kappa shape index (κ1) is 15.9. The minimum absolute atomic E-state index is 0.242. The van der Waals surface area contributed by atoms with E-state index in [2.05, 4.69) is 0 Å². The van der Waals surface area contributed by atoms with Gasteiger partial charge in [0.1, 0.15) is 12.4 Å². The van der Waals surface area contributed by atoms with Gasteiger partial charge in [-0.25, -0.2) is 4.79 Å². The molecule has 0 fully saturated rings. The average Bonchev–Trinajstić information content (AvgIpc) is 2.52. The third-order valence-electron chi connectivity index (χ3n) is 3.03. The summed E-state index contributed by atoms with van der Waals surface area (Å²) < 4.78 is 10.9. The number of benzene rings is 2. The molecule has 0 bridgehead atoms. The van der Waals surface area contributed by atoms with Crippen LogP contribution in [0.2, 0.25) is 0 Å². The summed E-state index contributed by atoms with van der Waals surface area (Å²) >= 11 is 0. The van der Waals surface area contributed by atoms with Crippen LogP contribution in [0, 0.1) is 5.92 Å². The summed E-state index contributed by atoms with van der Waals surface area (Å²) in [7, 11) is 0. The molecule has 2 N–H and O–H groups in total.